The molecule has 0 N–H and O–H groups in total. The van der Waals surface area contributed by atoms with Crippen molar-refractivity contribution in [2.45, 2.75) is 12.7 Å². The summed E-state index contributed by atoms with van der Waals surface area (Å²) in [6.45, 7) is -0.0668. The van der Waals surface area contributed by atoms with E-state index in [1.54, 1.807) is 12.1 Å². The molecule has 0 fully saturated rings. The highest BCUT2D eigenvalue weighted by atomic mass is 19.4. The molecule has 1 aromatic carbocycles. The van der Waals surface area contributed by atoms with Crippen LogP contribution in [0.1, 0.15) is 16.8 Å². The molecule has 108 valence electrons. The first-order valence-corrected chi connectivity index (χ1v) is 5.59. The van der Waals surface area contributed by atoms with Gasteiger partial charge in [-0.05, 0) is 17.7 Å². The van der Waals surface area contributed by atoms with Crippen LogP contribution in [0.3, 0.4) is 0 Å². The van der Waals surface area contributed by atoms with Crippen molar-refractivity contribution >= 4 is 5.69 Å². The van der Waals surface area contributed by atoms with Gasteiger partial charge in [-0.2, -0.15) is 23.5 Å². The number of halogens is 3. The molecular weight excluding hydrogens is 289 g/mol. The lowest BCUT2D eigenvalue weighted by molar-refractivity contribution is -0.388. The number of alkyl halides is 3. The van der Waals surface area contributed by atoms with E-state index in [1.165, 1.54) is 12.1 Å². The minimum absolute atomic E-state index is 0.0668. The summed E-state index contributed by atoms with van der Waals surface area (Å²) in [7, 11) is 0. The Bertz CT molecular complexity index is 714. The number of rotatable bonds is 3. The summed E-state index contributed by atoms with van der Waals surface area (Å²) in [5.41, 5.74) is -1.64. The molecule has 0 aliphatic carbocycles. The van der Waals surface area contributed by atoms with Crippen LogP contribution in [0.4, 0.5) is 18.9 Å². The molecule has 0 atom stereocenters. The van der Waals surface area contributed by atoms with Crippen molar-refractivity contribution in [2.75, 3.05) is 0 Å². The van der Waals surface area contributed by atoms with Crippen molar-refractivity contribution in [3.8, 4) is 6.07 Å². The van der Waals surface area contributed by atoms with Gasteiger partial charge < -0.3 is 0 Å². The fourth-order valence-corrected chi connectivity index (χ4v) is 1.70. The number of nitrogens with zero attached hydrogens (tertiary/aromatic N) is 4. The lowest BCUT2D eigenvalue weighted by Gasteiger charge is -2.02. The average molecular weight is 296 g/mol. The molecular formula is C12H7F3N4O2. The van der Waals surface area contributed by atoms with E-state index in [1.807, 2.05) is 6.07 Å². The molecule has 0 bridgehead atoms. The van der Waals surface area contributed by atoms with Gasteiger partial charge in [0.25, 0.3) is 0 Å². The number of aromatic nitrogens is 2. The maximum absolute atomic E-state index is 12.6. The van der Waals surface area contributed by atoms with Crippen molar-refractivity contribution in [3.63, 3.8) is 0 Å². The van der Waals surface area contributed by atoms with Gasteiger partial charge in [0.1, 0.15) is 6.20 Å². The third-order valence-electron chi connectivity index (χ3n) is 2.64. The average Bonchev–Trinajstić information content (AvgIpc) is 2.84. The Kier molecular flexibility index (Phi) is 3.62. The summed E-state index contributed by atoms with van der Waals surface area (Å²) < 4.78 is 38.8. The van der Waals surface area contributed by atoms with Crippen LogP contribution in [0.15, 0.2) is 30.5 Å². The summed E-state index contributed by atoms with van der Waals surface area (Å²) in [4.78, 5) is 9.51. The van der Waals surface area contributed by atoms with Gasteiger partial charge in [-0.15, -0.1) is 0 Å². The summed E-state index contributed by atoms with van der Waals surface area (Å²) in [6.07, 6.45) is -4.15. The van der Waals surface area contributed by atoms with Crippen LogP contribution >= 0.6 is 0 Å². The van der Waals surface area contributed by atoms with Crippen LogP contribution in [-0.2, 0) is 12.7 Å². The molecule has 21 heavy (non-hydrogen) atoms. The zero-order valence-electron chi connectivity index (χ0n) is 10.3. The van der Waals surface area contributed by atoms with Crippen LogP contribution in [0.5, 0.6) is 0 Å². The Balaban J connectivity index is 2.32. The van der Waals surface area contributed by atoms with Crippen LogP contribution in [0.25, 0.3) is 0 Å². The molecule has 2 aromatic rings. The molecule has 0 radical (unpaired) electrons. The molecule has 9 heteroatoms. The van der Waals surface area contributed by atoms with Gasteiger partial charge in [0.05, 0.1) is 23.1 Å². The summed E-state index contributed by atoms with van der Waals surface area (Å²) in [6, 6.07) is 7.98. The lowest BCUT2D eigenvalue weighted by atomic mass is 10.1. The predicted octanol–water partition coefficient (Wildman–Crippen LogP) is 2.73. The summed E-state index contributed by atoms with van der Waals surface area (Å²) in [5, 5.41) is 22.5. The molecule has 0 amide bonds. The highest BCUT2D eigenvalue weighted by Gasteiger charge is 2.42. The standard InChI is InChI=1S/C12H7F3N4O2/c13-12(14,15)11-10(19(20)21)7-18(17-11)6-9-3-1-8(5-16)2-4-9/h1-4,7H,6H2. The van der Waals surface area contributed by atoms with Crippen molar-refractivity contribution in [3.05, 3.63) is 57.4 Å². The molecule has 0 saturated heterocycles. The van der Waals surface area contributed by atoms with Gasteiger partial charge in [-0.3, -0.25) is 14.8 Å². The maximum Gasteiger partial charge on any atom is 0.442 e. The van der Waals surface area contributed by atoms with Crippen LogP contribution in [0.2, 0.25) is 0 Å². The third-order valence-corrected chi connectivity index (χ3v) is 2.64. The lowest BCUT2D eigenvalue weighted by Crippen LogP contribution is -2.10. The van der Waals surface area contributed by atoms with E-state index in [-0.39, 0.29) is 6.54 Å². The zero-order chi connectivity index (χ0) is 15.6. The molecule has 6 nitrogen and oxygen atoms in total. The minimum atomic E-state index is -4.89. The molecule has 2 rings (SSSR count). The number of nitro groups is 1. The normalized spacial score (nSPS) is 11.1. The number of benzene rings is 1. The first-order chi connectivity index (χ1) is 9.81. The highest BCUT2D eigenvalue weighted by molar-refractivity contribution is 5.36. The number of nitriles is 1. The molecule has 0 aliphatic rings. The Hall–Kier alpha value is -2.89. The molecule has 1 aromatic heterocycles. The Morgan fingerprint density at radius 1 is 1.33 bits per heavy atom. The third kappa shape index (κ3) is 3.17. The first-order valence-electron chi connectivity index (χ1n) is 5.59. The van der Waals surface area contributed by atoms with Gasteiger partial charge in [-0.1, -0.05) is 12.1 Å². The fourth-order valence-electron chi connectivity index (χ4n) is 1.70. The molecule has 1 heterocycles. The van der Waals surface area contributed by atoms with Crippen molar-refractivity contribution in [2.24, 2.45) is 0 Å². The van der Waals surface area contributed by atoms with E-state index in [0.717, 1.165) is 10.9 Å². The van der Waals surface area contributed by atoms with E-state index < -0.39 is 22.5 Å². The first kappa shape index (κ1) is 14.5. The second-order valence-corrected chi connectivity index (χ2v) is 4.12. The smallest absolute Gasteiger partial charge is 0.261 e. The summed E-state index contributed by atoms with van der Waals surface area (Å²) in [5.74, 6) is 0. The molecule has 0 aliphatic heterocycles. The van der Waals surface area contributed by atoms with Gasteiger partial charge >= 0.3 is 11.9 Å². The van der Waals surface area contributed by atoms with Crippen LogP contribution in [0, 0.1) is 21.4 Å². The second kappa shape index (κ2) is 5.24. The Morgan fingerprint density at radius 3 is 2.38 bits per heavy atom. The summed E-state index contributed by atoms with van der Waals surface area (Å²) >= 11 is 0. The molecule has 0 unspecified atom stereocenters. The highest BCUT2D eigenvalue weighted by Crippen LogP contribution is 2.34. The van der Waals surface area contributed by atoms with Crippen molar-refractivity contribution in [1.82, 2.24) is 9.78 Å². The second-order valence-electron chi connectivity index (χ2n) is 4.12. The topological polar surface area (TPSA) is 84.8 Å². The minimum Gasteiger partial charge on any atom is -0.261 e. The number of hydrogen-bond donors (Lipinski definition) is 0. The van der Waals surface area contributed by atoms with Crippen molar-refractivity contribution < 1.29 is 18.1 Å². The van der Waals surface area contributed by atoms with Gasteiger partial charge in [-0.25, -0.2) is 0 Å². The monoisotopic (exact) mass is 296 g/mol. The van der Waals surface area contributed by atoms with Gasteiger partial charge in [0.15, 0.2) is 0 Å². The largest absolute Gasteiger partial charge is 0.442 e. The van der Waals surface area contributed by atoms with Crippen molar-refractivity contribution in [1.29, 1.82) is 5.26 Å². The Labute approximate surface area is 116 Å². The van der Waals surface area contributed by atoms with E-state index in [9.17, 15) is 23.3 Å². The molecule has 0 spiro atoms. The van der Waals surface area contributed by atoms with E-state index >= 15 is 0 Å². The van der Waals surface area contributed by atoms with Gasteiger partial charge in [0.2, 0.25) is 5.69 Å². The SMILES string of the molecule is N#Cc1ccc(Cn2cc([N+](=O)[O-])c(C(F)(F)F)n2)cc1. The van der Waals surface area contributed by atoms with Crippen LogP contribution < -0.4 is 0 Å². The van der Waals surface area contributed by atoms with E-state index in [2.05, 4.69) is 5.10 Å². The van der Waals surface area contributed by atoms with E-state index in [0.29, 0.717) is 11.1 Å². The zero-order valence-corrected chi connectivity index (χ0v) is 10.3. The number of hydrogen-bond acceptors (Lipinski definition) is 4. The fraction of sp³-hybridized carbons (Fsp3) is 0.167. The molecule has 0 saturated carbocycles. The Morgan fingerprint density at radius 2 is 1.95 bits per heavy atom. The van der Waals surface area contributed by atoms with Crippen LogP contribution in [-0.4, -0.2) is 14.7 Å². The quantitative estimate of drug-likeness (QED) is 0.644. The predicted molar refractivity (Wildman–Crippen MR) is 64.1 cm³/mol. The van der Waals surface area contributed by atoms with E-state index in [4.69, 9.17) is 5.26 Å². The van der Waals surface area contributed by atoms with Gasteiger partial charge in [0, 0.05) is 0 Å². The maximum atomic E-state index is 12.6.